The maximum absolute atomic E-state index is 12.1. The van der Waals surface area contributed by atoms with Crippen LogP contribution in [-0.2, 0) is 13.0 Å². The van der Waals surface area contributed by atoms with Crippen molar-refractivity contribution in [3.05, 3.63) is 57.9 Å². The average molecular weight is 271 g/mol. The lowest BCUT2D eigenvalue weighted by Crippen LogP contribution is -2.26. The Balaban J connectivity index is 2.59. The van der Waals surface area contributed by atoms with E-state index in [1.165, 1.54) is 16.2 Å². The highest BCUT2D eigenvalue weighted by Crippen LogP contribution is 2.19. The third kappa shape index (κ3) is 2.50. The number of hydrogen-bond acceptors (Lipinski definition) is 2. The number of nitrogens with zero attached hydrogens (tertiary/aromatic N) is 1. The number of pyridine rings is 1. The summed E-state index contributed by atoms with van der Waals surface area (Å²) in [6, 6.07) is 11.0. The van der Waals surface area contributed by atoms with E-state index in [0.29, 0.717) is 6.54 Å². The molecule has 0 saturated carbocycles. The third-order valence-electron chi connectivity index (χ3n) is 3.38. The van der Waals surface area contributed by atoms with Crippen LogP contribution < -0.4 is 5.56 Å². The summed E-state index contributed by atoms with van der Waals surface area (Å²) in [4.78, 5) is 23.1. The highest BCUT2D eigenvalue weighted by Gasteiger charge is 2.13. The number of aromatic nitrogens is 1. The van der Waals surface area contributed by atoms with Gasteiger partial charge < -0.3 is 9.67 Å². The molecule has 0 saturated heterocycles. The van der Waals surface area contributed by atoms with Gasteiger partial charge in [0.1, 0.15) is 5.56 Å². The van der Waals surface area contributed by atoms with E-state index in [-0.39, 0.29) is 5.56 Å². The summed E-state index contributed by atoms with van der Waals surface area (Å²) in [5.41, 5.74) is 2.22. The highest BCUT2D eigenvalue weighted by atomic mass is 16.4. The van der Waals surface area contributed by atoms with Gasteiger partial charge in [-0.3, -0.25) is 4.79 Å². The molecular weight excluding hydrogens is 254 g/mol. The molecule has 0 amide bonds. The Morgan fingerprint density at radius 1 is 1.10 bits per heavy atom. The van der Waals surface area contributed by atoms with Crippen LogP contribution in [0, 0.1) is 0 Å². The summed E-state index contributed by atoms with van der Waals surface area (Å²) in [7, 11) is 0. The van der Waals surface area contributed by atoms with Crippen molar-refractivity contribution in [1.29, 1.82) is 0 Å². The summed E-state index contributed by atoms with van der Waals surface area (Å²) in [6.07, 6.45) is 0.957. The van der Waals surface area contributed by atoms with E-state index in [1.807, 2.05) is 31.2 Å². The number of benzene rings is 1. The molecule has 2 aromatic rings. The van der Waals surface area contributed by atoms with E-state index in [0.717, 1.165) is 17.7 Å². The Morgan fingerprint density at radius 3 is 2.25 bits per heavy atom. The molecule has 1 aromatic heterocycles. The smallest absolute Gasteiger partial charge is 0.341 e. The molecule has 0 aliphatic rings. The Bertz CT molecular complexity index is 684. The molecular formula is C16H17NO3. The summed E-state index contributed by atoms with van der Waals surface area (Å²) in [5.74, 6) is -1.19. The third-order valence-corrected chi connectivity index (χ3v) is 3.38. The van der Waals surface area contributed by atoms with Gasteiger partial charge in [-0.05, 0) is 36.6 Å². The van der Waals surface area contributed by atoms with Gasteiger partial charge in [0.05, 0.1) is 5.69 Å². The fourth-order valence-corrected chi connectivity index (χ4v) is 2.22. The van der Waals surface area contributed by atoms with Crippen LogP contribution in [0.1, 0.15) is 29.8 Å². The van der Waals surface area contributed by atoms with Gasteiger partial charge >= 0.3 is 5.97 Å². The lowest BCUT2D eigenvalue weighted by molar-refractivity contribution is 0.0694. The van der Waals surface area contributed by atoms with Crippen LogP contribution in [-0.4, -0.2) is 15.6 Å². The minimum atomic E-state index is -1.19. The van der Waals surface area contributed by atoms with Crippen LogP contribution in [0.2, 0.25) is 0 Å². The van der Waals surface area contributed by atoms with Gasteiger partial charge in [-0.2, -0.15) is 0 Å². The van der Waals surface area contributed by atoms with E-state index in [4.69, 9.17) is 5.11 Å². The van der Waals surface area contributed by atoms with Crippen LogP contribution in [0.3, 0.4) is 0 Å². The zero-order valence-corrected chi connectivity index (χ0v) is 11.6. The number of carbonyl (C=O) groups is 1. The van der Waals surface area contributed by atoms with E-state index in [1.54, 1.807) is 6.07 Å². The molecule has 4 heteroatoms. The minimum Gasteiger partial charge on any atom is -0.477 e. The normalized spacial score (nSPS) is 10.5. The molecule has 2 rings (SSSR count). The predicted octanol–water partition coefficient (Wildman–Crippen LogP) is 2.80. The number of hydrogen-bond donors (Lipinski definition) is 1. The van der Waals surface area contributed by atoms with Crippen molar-refractivity contribution in [3.63, 3.8) is 0 Å². The van der Waals surface area contributed by atoms with E-state index in [9.17, 15) is 9.59 Å². The first-order valence-corrected chi connectivity index (χ1v) is 6.65. The second-order valence-corrected chi connectivity index (χ2v) is 4.54. The first-order chi connectivity index (χ1) is 9.58. The zero-order chi connectivity index (χ0) is 14.7. The quantitative estimate of drug-likeness (QED) is 0.930. The molecule has 0 atom stereocenters. The maximum Gasteiger partial charge on any atom is 0.341 e. The summed E-state index contributed by atoms with van der Waals surface area (Å²) in [5, 5.41) is 9.00. The fraction of sp³-hybridized carbons (Fsp3) is 0.250. The van der Waals surface area contributed by atoms with Crippen molar-refractivity contribution < 1.29 is 9.90 Å². The standard InChI is InChI=1S/C16H17NO3/c1-3-11-5-7-12(8-6-11)14-10-9-13(16(19)20)15(18)17(14)4-2/h5-10H,3-4H2,1-2H3,(H,19,20). The first kappa shape index (κ1) is 14.1. The predicted molar refractivity (Wildman–Crippen MR) is 78.1 cm³/mol. The molecule has 20 heavy (non-hydrogen) atoms. The molecule has 104 valence electrons. The van der Waals surface area contributed by atoms with Gasteiger partial charge in [0, 0.05) is 6.54 Å². The Hall–Kier alpha value is -2.36. The molecule has 4 nitrogen and oxygen atoms in total. The minimum absolute atomic E-state index is 0.194. The van der Waals surface area contributed by atoms with Crippen molar-refractivity contribution in [2.24, 2.45) is 0 Å². The second kappa shape index (κ2) is 5.74. The molecule has 0 aliphatic heterocycles. The zero-order valence-electron chi connectivity index (χ0n) is 11.6. The Kier molecular flexibility index (Phi) is 4.03. The fourth-order valence-electron chi connectivity index (χ4n) is 2.22. The van der Waals surface area contributed by atoms with Crippen molar-refractivity contribution in [2.45, 2.75) is 26.8 Å². The number of rotatable bonds is 4. The Labute approximate surface area is 117 Å². The first-order valence-electron chi connectivity index (χ1n) is 6.65. The molecule has 0 fully saturated rings. The van der Waals surface area contributed by atoms with Crippen LogP contribution in [0.5, 0.6) is 0 Å². The molecule has 0 spiro atoms. The number of aryl methyl sites for hydroxylation is 1. The van der Waals surface area contributed by atoms with Gasteiger partial charge in [-0.1, -0.05) is 31.2 Å². The van der Waals surface area contributed by atoms with Crippen molar-refractivity contribution in [1.82, 2.24) is 4.57 Å². The topological polar surface area (TPSA) is 59.3 Å². The van der Waals surface area contributed by atoms with Crippen molar-refractivity contribution in [2.75, 3.05) is 0 Å². The van der Waals surface area contributed by atoms with Gasteiger partial charge in [0.2, 0.25) is 0 Å². The van der Waals surface area contributed by atoms with Gasteiger partial charge in [0.25, 0.3) is 5.56 Å². The highest BCUT2D eigenvalue weighted by molar-refractivity contribution is 5.87. The largest absolute Gasteiger partial charge is 0.477 e. The average Bonchev–Trinajstić information content (AvgIpc) is 2.46. The second-order valence-electron chi connectivity index (χ2n) is 4.54. The van der Waals surface area contributed by atoms with E-state index >= 15 is 0 Å². The number of carboxylic acids is 1. The number of aromatic carboxylic acids is 1. The van der Waals surface area contributed by atoms with Crippen LogP contribution in [0.25, 0.3) is 11.3 Å². The molecule has 1 aromatic carbocycles. The van der Waals surface area contributed by atoms with Gasteiger partial charge in [-0.25, -0.2) is 4.79 Å². The monoisotopic (exact) mass is 271 g/mol. The SMILES string of the molecule is CCc1ccc(-c2ccc(C(=O)O)c(=O)n2CC)cc1. The van der Waals surface area contributed by atoms with Crippen molar-refractivity contribution in [3.8, 4) is 11.3 Å². The maximum atomic E-state index is 12.1. The summed E-state index contributed by atoms with van der Waals surface area (Å²) in [6.45, 7) is 4.35. The lowest BCUT2D eigenvalue weighted by atomic mass is 10.1. The Morgan fingerprint density at radius 2 is 1.75 bits per heavy atom. The van der Waals surface area contributed by atoms with E-state index in [2.05, 4.69) is 6.92 Å². The molecule has 0 unspecified atom stereocenters. The van der Waals surface area contributed by atoms with Crippen LogP contribution in [0.4, 0.5) is 0 Å². The molecule has 0 aliphatic carbocycles. The van der Waals surface area contributed by atoms with Crippen molar-refractivity contribution >= 4 is 5.97 Å². The van der Waals surface area contributed by atoms with Crippen LogP contribution in [0.15, 0.2) is 41.2 Å². The lowest BCUT2D eigenvalue weighted by Gasteiger charge is -2.12. The molecule has 1 heterocycles. The van der Waals surface area contributed by atoms with Crippen LogP contribution >= 0.6 is 0 Å². The summed E-state index contributed by atoms with van der Waals surface area (Å²) >= 11 is 0. The molecule has 0 bridgehead atoms. The van der Waals surface area contributed by atoms with Gasteiger partial charge in [-0.15, -0.1) is 0 Å². The molecule has 1 N–H and O–H groups in total. The summed E-state index contributed by atoms with van der Waals surface area (Å²) < 4.78 is 1.49. The van der Waals surface area contributed by atoms with E-state index < -0.39 is 11.5 Å². The molecule has 0 radical (unpaired) electrons. The van der Waals surface area contributed by atoms with Gasteiger partial charge in [0.15, 0.2) is 0 Å². The number of carboxylic acid groups (broad SMARTS) is 1.